The fraction of sp³-hybridized carbons (Fsp3) is 0.242. The molecule has 3 aromatic rings. The maximum Gasteiger partial charge on any atom is 0.258 e. The van der Waals surface area contributed by atoms with Gasteiger partial charge in [-0.3, -0.25) is 19.7 Å². The molecule has 4 nitrogen and oxygen atoms in total. The lowest BCUT2D eigenvalue weighted by Crippen LogP contribution is -2.21. The van der Waals surface area contributed by atoms with Gasteiger partial charge < -0.3 is 0 Å². The van der Waals surface area contributed by atoms with Crippen molar-refractivity contribution in [3.05, 3.63) is 119 Å². The van der Waals surface area contributed by atoms with Crippen LogP contribution in [-0.2, 0) is 22.4 Å². The molecule has 0 radical (unpaired) electrons. The lowest BCUT2D eigenvalue weighted by molar-refractivity contribution is -0.123. The molecule has 0 unspecified atom stereocenters. The van der Waals surface area contributed by atoms with Crippen molar-refractivity contribution in [3.8, 4) is 0 Å². The van der Waals surface area contributed by atoms with Gasteiger partial charge in [0.25, 0.3) is 11.8 Å². The number of hydrogen-bond acceptors (Lipinski definition) is 3. The van der Waals surface area contributed by atoms with E-state index in [4.69, 9.17) is 0 Å². The third-order valence-corrected chi connectivity index (χ3v) is 6.67. The normalized spacial score (nSPS) is 13.1. The second-order valence-electron chi connectivity index (χ2n) is 9.50. The first kappa shape index (κ1) is 26.0. The van der Waals surface area contributed by atoms with Gasteiger partial charge in [-0.25, -0.2) is 0 Å². The summed E-state index contributed by atoms with van der Waals surface area (Å²) in [6.07, 6.45) is 14.3. The predicted molar refractivity (Wildman–Crippen MR) is 149 cm³/mol. The zero-order valence-corrected chi connectivity index (χ0v) is 21.1. The summed E-state index contributed by atoms with van der Waals surface area (Å²) in [7, 11) is 0. The minimum Gasteiger partial charge on any atom is -0.289 e. The topological polar surface area (TPSA) is 63.2 Å². The van der Waals surface area contributed by atoms with Crippen LogP contribution in [0.3, 0.4) is 0 Å². The SMILES string of the molecule is O=C1C=C(c2ccc(CCCCCCCCc3ccc(C=CC(=O)c4ccccc4)cc3)cc2)C(=O)N1. The summed E-state index contributed by atoms with van der Waals surface area (Å²) >= 11 is 0. The minimum atomic E-state index is -0.344. The zero-order chi connectivity index (χ0) is 25.9. The second kappa shape index (κ2) is 13.3. The smallest absolute Gasteiger partial charge is 0.258 e. The zero-order valence-electron chi connectivity index (χ0n) is 21.1. The highest BCUT2D eigenvalue weighted by Gasteiger charge is 2.21. The molecule has 1 N–H and O–H groups in total. The number of rotatable bonds is 13. The molecule has 0 saturated heterocycles. The molecule has 4 rings (SSSR count). The number of allylic oxidation sites excluding steroid dienone is 1. The van der Waals surface area contributed by atoms with Crippen LogP contribution in [-0.4, -0.2) is 17.6 Å². The van der Waals surface area contributed by atoms with Gasteiger partial charge in [0.1, 0.15) is 0 Å². The fourth-order valence-corrected chi connectivity index (χ4v) is 4.51. The van der Waals surface area contributed by atoms with E-state index in [1.54, 1.807) is 6.08 Å². The van der Waals surface area contributed by atoms with E-state index in [-0.39, 0.29) is 17.6 Å². The van der Waals surface area contributed by atoms with Gasteiger partial charge in [0, 0.05) is 11.6 Å². The van der Waals surface area contributed by atoms with E-state index < -0.39 is 0 Å². The van der Waals surface area contributed by atoms with E-state index in [1.165, 1.54) is 49.3 Å². The molecule has 0 bridgehead atoms. The van der Waals surface area contributed by atoms with Crippen molar-refractivity contribution in [2.24, 2.45) is 0 Å². The maximum absolute atomic E-state index is 12.2. The molecule has 37 heavy (non-hydrogen) atoms. The number of imide groups is 1. The van der Waals surface area contributed by atoms with Crippen molar-refractivity contribution in [1.29, 1.82) is 0 Å². The van der Waals surface area contributed by atoms with Crippen molar-refractivity contribution in [2.45, 2.75) is 51.4 Å². The van der Waals surface area contributed by atoms with E-state index in [1.807, 2.05) is 48.5 Å². The van der Waals surface area contributed by atoms with Gasteiger partial charge in [0.15, 0.2) is 5.78 Å². The molecule has 1 aliphatic rings. The monoisotopic (exact) mass is 491 g/mol. The van der Waals surface area contributed by atoms with Gasteiger partial charge in [-0.1, -0.05) is 111 Å². The Hall–Kier alpha value is -4.05. The average molecular weight is 492 g/mol. The van der Waals surface area contributed by atoms with E-state index in [0.29, 0.717) is 11.1 Å². The summed E-state index contributed by atoms with van der Waals surface area (Å²) < 4.78 is 0. The number of hydrogen-bond donors (Lipinski definition) is 1. The number of carbonyl (C=O) groups is 3. The molecule has 1 aliphatic heterocycles. The number of aryl methyl sites for hydroxylation is 2. The molecular formula is C33H33NO3. The first-order chi connectivity index (χ1) is 18.1. The van der Waals surface area contributed by atoms with Gasteiger partial charge >= 0.3 is 0 Å². The van der Waals surface area contributed by atoms with Crippen LogP contribution in [0.5, 0.6) is 0 Å². The Bertz CT molecular complexity index is 1270. The predicted octanol–water partition coefficient (Wildman–Crippen LogP) is 6.75. The van der Waals surface area contributed by atoms with Crippen molar-refractivity contribution in [2.75, 3.05) is 0 Å². The number of nitrogens with one attached hydrogen (secondary N) is 1. The van der Waals surface area contributed by atoms with Gasteiger partial charge in [0.2, 0.25) is 0 Å². The Morgan fingerprint density at radius 1 is 0.676 bits per heavy atom. The molecule has 3 aromatic carbocycles. The molecule has 4 heteroatoms. The first-order valence-corrected chi connectivity index (χ1v) is 13.1. The standard InChI is InChI=1S/C33H33NO3/c35-31(29-12-8-5-9-13-29)23-20-27-16-14-25(15-17-27)10-6-3-1-2-4-7-11-26-18-21-28(22-19-26)30-24-32(36)34-33(30)37/h5,8-9,12-24H,1-4,6-7,10-11H2,(H,34,36,37). The van der Waals surface area contributed by atoms with Gasteiger partial charge in [-0.2, -0.15) is 0 Å². The number of carbonyl (C=O) groups excluding carboxylic acids is 3. The van der Waals surface area contributed by atoms with Crippen LogP contribution in [0.15, 0.2) is 91.0 Å². The highest BCUT2D eigenvalue weighted by atomic mass is 16.2. The number of unbranched alkanes of at least 4 members (excludes halogenated alkanes) is 5. The summed E-state index contributed by atoms with van der Waals surface area (Å²) in [5, 5.41) is 2.28. The number of ketones is 1. The highest BCUT2D eigenvalue weighted by molar-refractivity contribution is 6.33. The highest BCUT2D eigenvalue weighted by Crippen LogP contribution is 2.20. The number of amides is 2. The fourth-order valence-electron chi connectivity index (χ4n) is 4.51. The second-order valence-corrected chi connectivity index (χ2v) is 9.50. The van der Waals surface area contributed by atoms with Crippen LogP contribution in [0.4, 0.5) is 0 Å². The van der Waals surface area contributed by atoms with Crippen molar-refractivity contribution in [1.82, 2.24) is 5.32 Å². The summed E-state index contributed by atoms with van der Waals surface area (Å²) in [5.74, 6) is -0.642. The molecular weight excluding hydrogens is 458 g/mol. The third kappa shape index (κ3) is 7.97. The maximum atomic E-state index is 12.2. The van der Waals surface area contributed by atoms with E-state index in [2.05, 4.69) is 41.7 Å². The van der Waals surface area contributed by atoms with Gasteiger partial charge in [-0.15, -0.1) is 0 Å². The first-order valence-electron chi connectivity index (χ1n) is 13.1. The molecule has 0 spiro atoms. The molecule has 0 saturated carbocycles. The Labute approximate surface area is 219 Å². The Morgan fingerprint density at radius 2 is 1.24 bits per heavy atom. The van der Waals surface area contributed by atoms with Crippen LogP contribution >= 0.6 is 0 Å². The van der Waals surface area contributed by atoms with Crippen molar-refractivity contribution < 1.29 is 14.4 Å². The van der Waals surface area contributed by atoms with Crippen molar-refractivity contribution in [3.63, 3.8) is 0 Å². The molecule has 2 amide bonds. The summed E-state index contributed by atoms with van der Waals surface area (Å²) in [6.45, 7) is 0. The summed E-state index contributed by atoms with van der Waals surface area (Å²) in [6, 6.07) is 25.7. The molecule has 188 valence electrons. The number of benzene rings is 3. The van der Waals surface area contributed by atoms with E-state index in [0.717, 1.165) is 30.4 Å². The minimum absolute atomic E-state index is 0.0222. The largest absolute Gasteiger partial charge is 0.289 e. The molecule has 0 atom stereocenters. The van der Waals surface area contributed by atoms with Crippen LogP contribution in [0.25, 0.3) is 11.6 Å². The Kier molecular flexibility index (Phi) is 9.36. The lowest BCUT2D eigenvalue weighted by Gasteiger charge is -2.05. The Morgan fingerprint density at radius 3 is 1.81 bits per heavy atom. The van der Waals surface area contributed by atoms with Crippen LogP contribution in [0.2, 0.25) is 0 Å². The van der Waals surface area contributed by atoms with Gasteiger partial charge in [-0.05, 0) is 54.0 Å². The molecule has 0 aliphatic carbocycles. The summed E-state index contributed by atoms with van der Waals surface area (Å²) in [4.78, 5) is 35.3. The quantitative estimate of drug-likeness (QED) is 0.125. The third-order valence-electron chi connectivity index (χ3n) is 6.67. The van der Waals surface area contributed by atoms with Gasteiger partial charge in [0.05, 0.1) is 5.57 Å². The molecule has 0 fully saturated rings. The lowest BCUT2D eigenvalue weighted by atomic mass is 10.00. The molecule has 0 aromatic heterocycles. The molecule has 1 heterocycles. The van der Waals surface area contributed by atoms with Crippen LogP contribution in [0, 0.1) is 0 Å². The average Bonchev–Trinajstić information content (AvgIpc) is 3.27. The van der Waals surface area contributed by atoms with Crippen molar-refractivity contribution >= 4 is 29.2 Å². The van der Waals surface area contributed by atoms with E-state index >= 15 is 0 Å². The Balaban J connectivity index is 1.07. The van der Waals surface area contributed by atoms with Crippen LogP contribution in [0.1, 0.15) is 71.1 Å². The van der Waals surface area contributed by atoms with E-state index in [9.17, 15) is 14.4 Å². The summed E-state index contributed by atoms with van der Waals surface area (Å²) in [5.41, 5.74) is 5.58. The van der Waals surface area contributed by atoms with Crippen LogP contribution < -0.4 is 5.32 Å².